The van der Waals surface area contributed by atoms with Crippen LogP contribution in [-0.2, 0) is 0 Å². The molecule has 0 saturated heterocycles. The molecule has 1 aromatic heterocycles. The second kappa shape index (κ2) is 14.1. The van der Waals surface area contributed by atoms with Crippen molar-refractivity contribution in [3.05, 3.63) is 231 Å². The summed E-state index contributed by atoms with van der Waals surface area (Å²) < 4.78 is 2.51. The second-order valence-electron chi connectivity index (χ2n) is 14.9. The first kappa shape index (κ1) is 33.6. The molecule has 58 heavy (non-hydrogen) atoms. The van der Waals surface area contributed by atoms with Gasteiger partial charge in [0.2, 0.25) is 0 Å². The summed E-state index contributed by atoms with van der Waals surface area (Å²) in [7, 11) is 0. The molecular weight excluding hydrogens is 701 g/mol. The van der Waals surface area contributed by atoms with Gasteiger partial charge in [0.1, 0.15) is 0 Å². The van der Waals surface area contributed by atoms with Crippen molar-refractivity contribution < 1.29 is 0 Å². The van der Waals surface area contributed by atoms with Gasteiger partial charge in [-0.1, -0.05) is 194 Å². The van der Waals surface area contributed by atoms with Crippen LogP contribution < -0.4 is 4.90 Å². The van der Waals surface area contributed by atoms with Crippen LogP contribution in [0.5, 0.6) is 0 Å². The van der Waals surface area contributed by atoms with Gasteiger partial charge in [0, 0.05) is 38.7 Å². The Kier molecular flexibility index (Phi) is 8.19. The van der Waals surface area contributed by atoms with Crippen LogP contribution in [0.1, 0.15) is 0 Å². The van der Waals surface area contributed by atoms with Crippen LogP contribution in [0.4, 0.5) is 17.1 Å². The highest BCUT2D eigenvalue weighted by molar-refractivity contribution is 6.13. The first-order chi connectivity index (χ1) is 28.8. The van der Waals surface area contributed by atoms with Crippen molar-refractivity contribution in [2.75, 3.05) is 4.90 Å². The van der Waals surface area contributed by atoms with Crippen molar-refractivity contribution in [1.29, 1.82) is 0 Å². The number of fused-ring (bicyclic) bond motifs is 5. The van der Waals surface area contributed by atoms with Crippen LogP contribution in [0.2, 0.25) is 0 Å². The van der Waals surface area contributed by atoms with E-state index in [1.165, 1.54) is 76.9 Å². The fourth-order valence-corrected chi connectivity index (χ4v) is 8.90. The van der Waals surface area contributed by atoms with Gasteiger partial charge >= 0.3 is 0 Å². The molecule has 2 heteroatoms. The maximum absolute atomic E-state index is 2.51. The van der Waals surface area contributed by atoms with Crippen LogP contribution in [0, 0.1) is 0 Å². The quantitative estimate of drug-likeness (QED) is 0.158. The average Bonchev–Trinajstić information content (AvgIpc) is 3.63. The maximum Gasteiger partial charge on any atom is 0.0618 e. The summed E-state index contributed by atoms with van der Waals surface area (Å²) in [4.78, 5) is 2.44. The van der Waals surface area contributed by atoms with Crippen LogP contribution >= 0.6 is 0 Å². The highest BCUT2D eigenvalue weighted by Gasteiger charge is 2.22. The van der Waals surface area contributed by atoms with Gasteiger partial charge in [-0.25, -0.2) is 0 Å². The van der Waals surface area contributed by atoms with Crippen LogP contribution in [-0.4, -0.2) is 4.57 Å². The van der Waals surface area contributed by atoms with E-state index in [9.17, 15) is 0 Å². The highest BCUT2D eigenvalue weighted by Crippen LogP contribution is 2.46. The van der Waals surface area contributed by atoms with Gasteiger partial charge in [0.05, 0.1) is 22.4 Å². The Hall–Kier alpha value is -7.68. The largest absolute Gasteiger partial charge is 0.310 e. The molecule has 0 radical (unpaired) electrons. The first-order valence-electron chi connectivity index (χ1n) is 19.9. The van der Waals surface area contributed by atoms with Crippen molar-refractivity contribution >= 4 is 60.4 Å². The number of para-hydroxylation sites is 2. The predicted molar refractivity (Wildman–Crippen MR) is 247 cm³/mol. The molecule has 0 aliphatic rings. The Morgan fingerprint density at radius 1 is 0.293 bits per heavy atom. The van der Waals surface area contributed by atoms with E-state index in [-0.39, 0.29) is 0 Å². The predicted octanol–water partition coefficient (Wildman–Crippen LogP) is 15.6. The van der Waals surface area contributed by atoms with Crippen LogP contribution in [0.3, 0.4) is 0 Å². The van der Waals surface area contributed by atoms with E-state index in [1.807, 2.05) is 0 Å². The number of hydrogen-bond donors (Lipinski definition) is 0. The molecular formula is C56H38N2. The molecule has 0 atom stereocenters. The minimum Gasteiger partial charge on any atom is -0.310 e. The number of aromatic nitrogens is 1. The van der Waals surface area contributed by atoms with Crippen molar-refractivity contribution in [2.45, 2.75) is 0 Å². The van der Waals surface area contributed by atoms with Crippen molar-refractivity contribution in [3.63, 3.8) is 0 Å². The average molecular weight is 739 g/mol. The lowest BCUT2D eigenvalue weighted by atomic mass is 9.96. The zero-order chi connectivity index (χ0) is 38.4. The van der Waals surface area contributed by atoms with Crippen molar-refractivity contribution in [1.82, 2.24) is 4.57 Å². The summed E-state index contributed by atoms with van der Waals surface area (Å²) in [6.07, 6.45) is 0. The topological polar surface area (TPSA) is 8.17 Å². The summed E-state index contributed by atoms with van der Waals surface area (Å²) in [5, 5.41) is 7.33. The molecule has 2 nitrogen and oxygen atoms in total. The summed E-state index contributed by atoms with van der Waals surface area (Å²) in [5.41, 5.74) is 14.0. The van der Waals surface area contributed by atoms with E-state index < -0.39 is 0 Å². The minimum atomic E-state index is 1.08. The van der Waals surface area contributed by atoms with E-state index >= 15 is 0 Å². The van der Waals surface area contributed by atoms with E-state index in [2.05, 4.69) is 240 Å². The molecule has 0 aliphatic carbocycles. The molecule has 0 N–H and O–H groups in total. The van der Waals surface area contributed by atoms with Gasteiger partial charge in [0.15, 0.2) is 0 Å². The molecule has 0 saturated carbocycles. The summed E-state index contributed by atoms with van der Waals surface area (Å²) in [6.45, 7) is 0. The Morgan fingerprint density at radius 3 is 1.64 bits per heavy atom. The molecule has 1 heterocycles. The third kappa shape index (κ3) is 5.66. The SMILES string of the molecule is c1ccc(-c2ccc(N(c3ccc4c5ccccc5n(-c5c(-c6ccccc6)ccc6ccccc56)c4c3)c3ccccc3-c3cccc4ccccc34)cc2)cc1. The number of anilines is 3. The van der Waals surface area contributed by atoms with Gasteiger partial charge in [-0.3, -0.25) is 0 Å². The van der Waals surface area contributed by atoms with Crippen molar-refractivity contribution in [3.8, 4) is 39.1 Å². The van der Waals surface area contributed by atoms with Crippen molar-refractivity contribution in [2.24, 2.45) is 0 Å². The maximum atomic E-state index is 2.51. The summed E-state index contributed by atoms with van der Waals surface area (Å²) in [6, 6.07) is 83.8. The Bertz CT molecular complexity index is 3260. The summed E-state index contributed by atoms with van der Waals surface area (Å²) in [5.74, 6) is 0. The molecule has 11 rings (SSSR count). The Labute approximate surface area is 338 Å². The van der Waals surface area contributed by atoms with E-state index in [4.69, 9.17) is 0 Å². The van der Waals surface area contributed by atoms with Gasteiger partial charge in [-0.05, 0) is 74.8 Å². The zero-order valence-electron chi connectivity index (χ0n) is 31.8. The minimum absolute atomic E-state index is 1.08. The normalized spacial score (nSPS) is 11.4. The molecule has 0 aliphatic heterocycles. The molecule has 0 fully saturated rings. The molecule has 0 bridgehead atoms. The highest BCUT2D eigenvalue weighted by atomic mass is 15.1. The number of benzene rings is 10. The number of nitrogens with zero attached hydrogens (tertiary/aromatic N) is 2. The second-order valence-corrected chi connectivity index (χ2v) is 14.9. The Balaban J connectivity index is 1.20. The standard InChI is InChI=1S/C56H38N2/c1-3-16-39(17-4-1)40-30-33-44(34-31-40)57(53-28-13-11-25-50(53)49-27-15-22-41-20-7-9-23-46(41)49)45-35-37-52-51-26-12-14-29-54(51)58(55(52)38-45)56-47-24-10-8-21-43(47)32-36-48(56)42-18-5-2-6-19-42/h1-38H. The Morgan fingerprint density at radius 2 is 0.845 bits per heavy atom. The van der Waals surface area contributed by atoms with Gasteiger partial charge in [-0.2, -0.15) is 0 Å². The smallest absolute Gasteiger partial charge is 0.0618 e. The molecule has 0 spiro atoms. The third-order valence-electron chi connectivity index (χ3n) is 11.6. The lowest BCUT2D eigenvalue weighted by Crippen LogP contribution is -2.11. The molecule has 10 aromatic carbocycles. The zero-order valence-corrected chi connectivity index (χ0v) is 31.8. The molecule has 0 unspecified atom stereocenters. The van der Waals surface area contributed by atoms with Gasteiger partial charge in [-0.15, -0.1) is 0 Å². The lowest BCUT2D eigenvalue weighted by molar-refractivity contribution is 1.19. The summed E-state index contributed by atoms with van der Waals surface area (Å²) >= 11 is 0. The van der Waals surface area contributed by atoms with E-state index in [0.29, 0.717) is 0 Å². The van der Waals surface area contributed by atoms with E-state index in [0.717, 1.165) is 22.6 Å². The number of hydrogen-bond acceptors (Lipinski definition) is 1. The van der Waals surface area contributed by atoms with Crippen LogP contribution in [0.15, 0.2) is 231 Å². The molecule has 272 valence electrons. The third-order valence-corrected chi connectivity index (χ3v) is 11.6. The first-order valence-corrected chi connectivity index (χ1v) is 19.9. The number of rotatable bonds is 7. The van der Waals surface area contributed by atoms with E-state index in [1.54, 1.807) is 0 Å². The molecule has 11 aromatic rings. The fraction of sp³-hybridized carbons (Fsp3) is 0. The van der Waals surface area contributed by atoms with Crippen LogP contribution in [0.25, 0.3) is 82.4 Å². The van der Waals surface area contributed by atoms with Gasteiger partial charge in [0.25, 0.3) is 0 Å². The van der Waals surface area contributed by atoms with Gasteiger partial charge < -0.3 is 9.47 Å². The fourth-order valence-electron chi connectivity index (χ4n) is 8.90. The molecule has 0 amide bonds. The lowest BCUT2D eigenvalue weighted by Gasteiger charge is -2.28. The monoisotopic (exact) mass is 738 g/mol.